The number of aromatic nitrogens is 2. The van der Waals surface area contributed by atoms with Crippen molar-refractivity contribution in [3.8, 4) is 0 Å². The lowest BCUT2D eigenvalue weighted by molar-refractivity contribution is -0.135. The Morgan fingerprint density at radius 1 is 1.71 bits per heavy atom. The number of carbonyl (C=O) groups excluding carboxylic acids is 1. The van der Waals surface area contributed by atoms with E-state index in [1.165, 1.54) is 0 Å². The topological polar surface area (TPSA) is 38.1 Å². The van der Waals surface area contributed by atoms with Gasteiger partial charge in [-0.3, -0.25) is 4.79 Å². The Bertz CT molecular complexity index is 381. The van der Waals surface area contributed by atoms with E-state index >= 15 is 0 Å². The molecular weight excluding hydrogens is 214 g/mol. The third-order valence-corrected chi connectivity index (χ3v) is 3.06. The van der Waals surface area contributed by atoms with Crippen molar-refractivity contribution in [3.63, 3.8) is 0 Å². The average Bonchev–Trinajstić information content (AvgIpc) is 3.03. The Morgan fingerprint density at radius 2 is 2.47 bits per heavy atom. The molecule has 4 heteroatoms. The quantitative estimate of drug-likeness (QED) is 0.701. The second-order valence-corrected chi connectivity index (χ2v) is 4.67. The Morgan fingerprint density at radius 3 is 3.00 bits per heavy atom. The average molecular weight is 233 g/mol. The normalized spacial score (nSPS) is 16.5. The van der Waals surface area contributed by atoms with E-state index < -0.39 is 0 Å². The minimum absolute atomic E-state index is 0.00949. The van der Waals surface area contributed by atoms with Crippen molar-refractivity contribution in [3.05, 3.63) is 31.4 Å². The summed E-state index contributed by atoms with van der Waals surface area (Å²) in [6.45, 7) is 7.05. The first-order valence-electron chi connectivity index (χ1n) is 6.09. The molecule has 0 aliphatic heterocycles. The minimum Gasteiger partial charge on any atom is -0.337 e. The minimum atomic E-state index is -0.00949. The Balaban J connectivity index is 1.94. The zero-order valence-electron chi connectivity index (χ0n) is 10.2. The second kappa shape index (κ2) is 5.17. The molecule has 0 saturated heterocycles. The van der Waals surface area contributed by atoms with Crippen LogP contribution in [0, 0.1) is 5.92 Å². The Labute approximate surface area is 102 Å². The summed E-state index contributed by atoms with van der Waals surface area (Å²) in [6, 6.07) is 0.450. The van der Waals surface area contributed by atoms with E-state index in [2.05, 4.69) is 11.6 Å². The van der Waals surface area contributed by atoms with Crippen molar-refractivity contribution < 1.29 is 4.79 Å². The van der Waals surface area contributed by atoms with Crippen molar-refractivity contribution in [2.75, 3.05) is 6.54 Å². The van der Waals surface area contributed by atoms with E-state index in [0.717, 1.165) is 12.8 Å². The molecule has 1 aromatic rings. The second-order valence-electron chi connectivity index (χ2n) is 4.67. The van der Waals surface area contributed by atoms with Gasteiger partial charge in [-0.05, 0) is 12.8 Å². The van der Waals surface area contributed by atoms with Gasteiger partial charge in [0, 0.05) is 31.5 Å². The third kappa shape index (κ3) is 2.96. The van der Waals surface area contributed by atoms with Gasteiger partial charge >= 0.3 is 0 Å². The maximum absolute atomic E-state index is 12.3. The smallest absolute Gasteiger partial charge is 0.227 e. The van der Waals surface area contributed by atoms with Crippen molar-refractivity contribution in [2.24, 2.45) is 5.92 Å². The standard InChI is InChI=1S/C13H19N3O/c1-3-7-16(12-4-5-12)13(17)11(2)9-15-8-6-14-10-15/h3,6,8,10-12H,1,4-5,7,9H2,2H3. The molecule has 17 heavy (non-hydrogen) atoms. The molecule has 0 spiro atoms. The molecule has 1 aliphatic rings. The number of rotatable bonds is 6. The molecule has 1 aliphatic carbocycles. The highest BCUT2D eigenvalue weighted by molar-refractivity contribution is 5.79. The number of carbonyl (C=O) groups is 1. The van der Waals surface area contributed by atoms with Gasteiger partial charge in [0.1, 0.15) is 0 Å². The fourth-order valence-corrected chi connectivity index (χ4v) is 2.02. The van der Waals surface area contributed by atoms with Crippen LogP contribution in [0.1, 0.15) is 19.8 Å². The molecule has 1 saturated carbocycles. The molecule has 1 aromatic heterocycles. The highest BCUT2D eigenvalue weighted by atomic mass is 16.2. The molecule has 1 amide bonds. The predicted molar refractivity (Wildman–Crippen MR) is 66.3 cm³/mol. The zero-order valence-corrected chi connectivity index (χ0v) is 10.2. The fourth-order valence-electron chi connectivity index (χ4n) is 2.02. The number of imidazole rings is 1. The molecule has 2 rings (SSSR count). The van der Waals surface area contributed by atoms with Gasteiger partial charge in [-0.2, -0.15) is 0 Å². The van der Waals surface area contributed by atoms with E-state index in [0.29, 0.717) is 19.1 Å². The van der Waals surface area contributed by atoms with E-state index in [-0.39, 0.29) is 11.8 Å². The fraction of sp³-hybridized carbons (Fsp3) is 0.538. The lowest BCUT2D eigenvalue weighted by Crippen LogP contribution is -2.38. The van der Waals surface area contributed by atoms with Crippen molar-refractivity contribution in [2.45, 2.75) is 32.4 Å². The van der Waals surface area contributed by atoms with Gasteiger partial charge in [0.05, 0.1) is 12.2 Å². The van der Waals surface area contributed by atoms with Gasteiger partial charge in [0.25, 0.3) is 0 Å². The third-order valence-electron chi connectivity index (χ3n) is 3.06. The molecule has 1 atom stereocenters. The van der Waals surface area contributed by atoms with E-state index in [1.54, 1.807) is 18.6 Å². The molecule has 4 nitrogen and oxygen atoms in total. The molecular formula is C13H19N3O. The summed E-state index contributed by atoms with van der Waals surface area (Å²) in [6.07, 6.45) is 9.45. The van der Waals surface area contributed by atoms with Gasteiger partial charge in [0.15, 0.2) is 0 Å². The lowest BCUT2D eigenvalue weighted by Gasteiger charge is -2.24. The molecule has 1 unspecified atom stereocenters. The van der Waals surface area contributed by atoms with Gasteiger partial charge in [-0.1, -0.05) is 13.0 Å². The summed E-state index contributed by atoms with van der Waals surface area (Å²) < 4.78 is 1.95. The van der Waals surface area contributed by atoms with Crippen molar-refractivity contribution in [1.29, 1.82) is 0 Å². The highest BCUT2D eigenvalue weighted by Crippen LogP contribution is 2.28. The summed E-state index contributed by atoms with van der Waals surface area (Å²) in [5.74, 6) is 0.214. The summed E-state index contributed by atoms with van der Waals surface area (Å²) in [7, 11) is 0. The predicted octanol–water partition coefficient (Wildman–Crippen LogP) is 1.70. The molecule has 0 aromatic carbocycles. The Kier molecular flexibility index (Phi) is 3.61. The van der Waals surface area contributed by atoms with Crippen LogP contribution in [0.15, 0.2) is 31.4 Å². The molecule has 0 N–H and O–H groups in total. The van der Waals surface area contributed by atoms with Crippen LogP contribution >= 0.6 is 0 Å². The molecule has 1 fully saturated rings. The van der Waals surface area contributed by atoms with Crippen molar-refractivity contribution >= 4 is 5.91 Å². The van der Waals surface area contributed by atoms with Crippen LogP contribution in [-0.2, 0) is 11.3 Å². The largest absolute Gasteiger partial charge is 0.337 e. The molecule has 0 bridgehead atoms. The van der Waals surface area contributed by atoms with Crippen LogP contribution in [0.5, 0.6) is 0 Å². The molecule has 0 radical (unpaired) electrons. The summed E-state index contributed by atoms with van der Waals surface area (Å²) in [5, 5.41) is 0. The van der Waals surface area contributed by atoms with Gasteiger partial charge < -0.3 is 9.47 Å². The number of hydrogen-bond acceptors (Lipinski definition) is 2. The number of nitrogens with zero attached hydrogens (tertiary/aromatic N) is 3. The summed E-state index contributed by atoms with van der Waals surface area (Å²) in [4.78, 5) is 18.2. The zero-order chi connectivity index (χ0) is 12.3. The van der Waals surface area contributed by atoms with Crippen LogP contribution < -0.4 is 0 Å². The molecule has 92 valence electrons. The first-order valence-corrected chi connectivity index (χ1v) is 6.09. The number of amides is 1. The van der Waals surface area contributed by atoms with Crippen LogP contribution in [0.4, 0.5) is 0 Å². The summed E-state index contributed by atoms with van der Waals surface area (Å²) >= 11 is 0. The van der Waals surface area contributed by atoms with Crippen molar-refractivity contribution in [1.82, 2.24) is 14.5 Å². The monoisotopic (exact) mass is 233 g/mol. The van der Waals surface area contributed by atoms with Gasteiger partial charge in [0.2, 0.25) is 5.91 Å². The summed E-state index contributed by atoms with van der Waals surface area (Å²) in [5.41, 5.74) is 0. The van der Waals surface area contributed by atoms with Crippen LogP contribution in [0.2, 0.25) is 0 Å². The first-order chi connectivity index (χ1) is 8.22. The molecule has 1 heterocycles. The van der Waals surface area contributed by atoms with Crippen LogP contribution in [0.25, 0.3) is 0 Å². The highest BCUT2D eigenvalue weighted by Gasteiger charge is 2.33. The maximum Gasteiger partial charge on any atom is 0.227 e. The van der Waals surface area contributed by atoms with Crippen LogP contribution in [-0.4, -0.2) is 32.9 Å². The van der Waals surface area contributed by atoms with E-state index in [4.69, 9.17) is 0 Å². The maximum atomic E-state index is 12.3. The SMILES string of the molecule is C=CCN(C(=O)C(C)Cn1ccnc1)C1CC1. The van der Waals surface area contributed by atoms with Gasteiger partial charge in [-0.25, -0.2) is 4.98 Å². The Hall–Kier alpha value is -1.58. The van der Waals surface area contributed by atoms with E-state index in [9.17, 15) is 4.79 Å². The lowest BCUT2D eigenvalue weighted by atomic mass is 10.1. The van der Waals surface area contributed by atoms with E-state index in [1.807, 2.05) is 22.6 Å². The van der Waals surface area contributed by atoms with Gasteiger partial charge in [-0.15, -0.1) is 6.58 Å². The first kappa shape index (κ1) is 11.9. The number of hydrogen-bond donors (Lipinski definition) is 0. The van der Waals surface area contributed by atoms with Crippen LogP contribution in [0.3, 0.4) is 0 Å².